The van der Waals surface area contributed by atoms with E-state index in [1.54, 1.807) is 4.57 Å². The molecular weight excluding hydrogens is 326 g/mol. The maximum atomic E-state index is 12.8. The zero-order chi connectivity index (χ0) is 17.3. The number of carbonyl (C=O) groups excluding carboxylic acids is 1. The first-order valence-corrected chi connectivity index (χ1v) is 10.3. The average molecular weight is 349 g/mol. The van der Waals surface area contributed by atoms with Crippen LogP contribution in [-0.2, 0) is 26.9 Å². The second kappa shape index (κ2) is 6.55. The Bertz CT molecular complexity index is 857. The summed E-state index contributed by atoms with van der Waals surface area (Å²) in [5.41, 5.74) is 1.52. The molecule has 0 unspecified atom stereocenters. The number of imidazole rings is 1. The maximum absolute atomic E-state index is 12.8. The first kappa shape index (κ1) is 17.0. The molecule has 0 bridgehead atoms. The van der Waals surface area contributed by atoms with E-state index in [-0.39, 0.29) is 24.2 Å². The lowest BCUT2D eigenvalue weighted by atomic mass is 10.0. The Morgan fingerprint density at radius 3 is 2.75 bits per heavy atom. The van der Waals surface area contributed by atoms with Gasteiger partial charge in [-0.05, 0) is 38.3 Å². The van der Waals surface area contributed by atoms with Crippen LogP contribution < -0.4 is 0 Å². The van der Waals surface area contributed by atoms with Crippen molar-refractivity contribution >= 4 is 26.8 Å². The molecule has 0 N–H and O–H groups in total. The molecule has 2 aromatic rings. The Morgan fingerprint density at radius 2 is 2.04 bits per heavy atom. The molecule has 0 spiro atoms. The van der Waals surface area contributed by atoms with Gasteiger partial charge in [0, 0.05) is 18.8 Å². The number of rotatable bonds is 4. The lowest BCUT2D eigenvalue weighted by molar-refractivity contribution is -0.135. The van der Waals surface area contributed by atoms with Crippen molar-refractivity contribution in [1.29, 1.82) is 0 Å². The summed E-state index contributed by atoms with van der Waals surface area (Å²) in [6.07, 6.45) is 4.38. The van der Waals surface area contributed by atoms with Crippen LogP contribution in [0.2, 0.25) is 0 Å². The highest BCUT2D eigenvalue weighted by Gasteiger charge is 2.25. The lowest BCUT2D eigenvalue weighted by Crippen LogP contribution is -2.43. The van der Waals surface area contributed by atoms with Crippen molar-refractivity contribution in [2.75, 3.05) is 12.8 Å². The summed E-state index contributed by atoms with van der Waals surface area (Å²) in [5, 5.41) is 0. The molecule has 2 heterocycles. The standard InChI is InChI=1S/C17H23N3O3S/c1-13-7-5-6-10-19(13)17(21)11-20-15-9-4-3-8-14(15)18-16(20)12-24(2,22)23/h3-4,8-9,13H,5-7,10-12H2,1-2H3/t13-/m0/s1. The van der Waals surface area contributed by atoms with E-state index < -0.39 is 9.84 Å². The zero-order valence-corrected chi connectivity index (χ0v) is 14.9. The fourth-order valence-corrected chi connectivity index (χ4v) is 4.03. The first-order chi connectivity index (χ1) is 11.3. The van der Waals surface area contributed by atoms with Crippen LogP contribution in [-0.4, -0.2) is 47.6 Å². The van der Waals surface area contributed by atoms with Crippen LogP contribution >= 0.6 is 0 Å². The number of benzene rings is 1. The highest BCUT2D eigenvalue weighted by Crippen LogP contribution is 2.20. The highest BCUT2D eigenvalue weighted by atomic mass is 32.2. The molecule has 6 nitrogen and oxygen atoms in total. The second-order valence-electron chi connectivity index (χ2n) is 6.60. The van der Waals surface area contributed by atoms with E-state index in [0.29, 0.717) is 5.82 Å². The third-order valence-electron chi connectivity index (χ3n) is 4.54. The van der Waals surface area contributed by atoms with Crippen LogP contribution in [0.3, 0.4) is 0 Å². The Balaban J connectivity index is 1.94. The monoisotopic (exact) mass is 349 g/mol. The van der Waals surface area contributed by atoms with Gasteiger partial charge in [-0.3, -0.25) is 4.79 Å². The Morgan fingerprint density at radius 1 is 1.29 bits per heavy atom. The molecule has 1 amide bonds. The SMILES string of the molecule is C[C@H]1CCCCN1C(=O)Cn1c(CS(C)(=O)=O)nc2ccccc21. The van der Waals surface area contributed by atoms with Crippen molar-refractivity contribution in [3.63, 3.8) is 0 Å². The molecule has 24 heavy (non-hydrogen) atoms. The number of amides is 1. The molecule has 1 aliphatic rings. The van der Waals surface area contributed by atoms with Crippen molar-refractivity contribution in [1.82, 2.24) is 14.5 Å². The molecule has 1 aliphatic heterocycles. The maximum Gasteiger partial charge on any atom is 0.242 e. The first-order valence-electron chi connectivity index (χ1n) is 8.26. The minimum atomic E-state index is -3.23. The number of sulfone groups is 1. The van der Waals surface area contributed by atoms with E-state index in [9.17, 15) is 13.2 Å². The van der Waals surface area contributed by atoms with Gasteiger partial charge in [-0.15, -0.1) is 0 Å². The Kier molecular flexibility index (Phi) is 4.62. The van der Waals surface area contributed by atoms with Crippen molar-refractivity contribution in [2.24, 2.45) is 0 Å². The number of hydrogen-bond donors (Lipinski definition) is 0. The van der Waals surface area contributed by atoms with Gasteiger partial charge in [0.15, 0.2) is 9.84 Å². The number of nitrogens with zero attached hydrogens (tertiary/aromatic N) is 3. The van der Waals surface area contributed by atoms with Gasteiger partial charge in [0.05, 0.1) is 11.0 Å². The molecule has 7 heteroatoms. The number of likely N-dealkylation sites (tertiary alicyclic amines) is 1. The number of piperidine rings is 1. The van der Waals surface area contributed by atoms with E-state index in [2.05, 4.69) is 11.9 Å². The smallest absolute Gasteiger partial charge is 0.242 e. The van der Waals surface area contributed by atoms with E-state index in [1.165, 1.54) is 6.26 Å². The van der Waals surface area contributed by atoms with Gasteiger partial charge in [0.25, 0.3) is 0 Å². The normalized spacial score (nSPS) is 18.9. The van der Waals surface area contributed by atoms with Crippen molar-refractivity contribution in [3.05, 3.63) is 30.1 Å². The fraction of sp³-hybridized carbons (Fsp3) is 0.529. The molecule has 1 fully saturated rings. The predicted molar refractivity (Wildman–Crippen MR) is 93.3 cm³/mol. The van der Waals surface area contributed by atoms with Gasteiger partial charge in [0.1, 0.15) is 18.1 Å². The third-order valence-corrected chi connectivity index (χ3v) is 5.32. The lowest BCUT2D eigenvalue weighted by Gasteiger charge is -2.33. The van der Waals surface area contributed by atoms with Gasteiger partial charge in [-0.1, -0.05) is 12.1 Å². The largest absolute Gasteiger partial charge is 0.338 e. The summed E-state index contributed by atoms with van der Waals surface area (Å²) in [6.45, 7) is 2.98. The van der Waals surface area contributed by atoms with Crippen LogP contribution in [0.1, 0.15) is 32.0 Å². The summed E-state index contributed by atoms with van der Waals surface area (Å²) in [6, 6.07) is 7.68. The number of fused-ring (bicyclic) bond motifs is 1. The van der Waals surface area contributed by atoms with Crippen molar-refractivity contribution < 1.29 is 13.2 Å². The summed E-state index contributed by atoms with van der Waals surface area (Å²) in [7, 11) is -3.23. The summed E-state index contributed by atoms with van der Waals surface area (Å²) in [5.74, 6) is 0.293. The topological polar surface area (TPSA) is 72.3 Å². The molecule has 0 saturated carbocycles. The van der Waals surface area contributed by atoms with Gasteiger partial charge < -0.3 is 9.47 Å². The van der Waals surface area contributed by atoms with E-state index >= 15 is 0 Å². The number of carbonyl (C=O) groups is 1. The van der Waals surface area contributed by atoms with Crippen molar-refractivity contribution in [2.45, 2.75) is 44.5 Å². The molecule has 1 saturated heterocycles. The molecule has 0 radical (unpaired) electrons. The zero-order valence-electron chi connectivity index (χ0n) is 14.1. The molecule has 3 rings (SSSR count). The minimum Gasteiger partial charge on any atom is -0.338 e. The average Bonchev–Trinajstić information content (AvgIpc) is 2.83. The van der Waals surface area contributed by atoms with Gasteiger partial charge in [-0.25, -0.2) is 13.4 Å². The number of hydrogen-bond acceptors (Lipinski definition) is 4. The molecule has 0 aliphatic carbocycles. The van der Waals surface area contributed by atoms with Crippen LogP contribution in [0.15, 0.2) is 24.3 Å². The summed E-state index contributed by atoms with van der Waals surface area (Å²) >= 11 is 0. The highest BCUT2D eigenvalue weighted by molar-refractivity contribution is 7.89. The van der Waals surface area contributed by atoms with Gasteiger partial charge in [0.2, 0.25) is 5.91 Å². The minimum absolute atomic E-state index is 0.0279. The second-order valence-corrected chi connectivity index (χ2v) is 8.75. The van der Waals surface area contributed by atoms with E-state index in [0.717, 1.165) is 36.8 Å². The molecule has 1 atom stereocenters. The van der Waals surface area contributed by atoms with Crippen LogP contribution in [0, 0.1) is 0 Å². The predicted octanol–water partition coefficient (Wildman–Crippen LogP) is 1.98. The van der Waals surface area contributed by atoms with Gasteiger partial charge >= 0.3 is 0 Å². The Labute approximate surface area is 142 Å². The summed E-state index contributed by atoms with van der Waals surface area (Å²) < 4.78 is 25.2. The molecule has 130 valence electrons. The third kappa shape index (κ3) is 3.61. The quantitative estimate of drug-likeness (QED) is 0.846. The Hall–Kier alpha value is -1.89. The van der Waals surface area contributed by atoms with E-state index in [1.807, 2.05) is 29.2 Å². The van der Waals surface area contributed by atoms with Crippen molar-refractivity contribution in [3.8, 4) is 0 Å². The number of aromatic nitrogens is 2. The van der Waals surface area contributed by atoms with Crippen LogP contribution in [0.25, 0.3) is 11.0 Å². The van der Waals surface area contributed by atoms with Crippen LogP contribution in [0.4, 0.5) is 0 Å². The fourth-order valence-electron chi connectivity index (χ4n) is 3.34. The number of para-hydroxylation sites is 2. The molecular formula is C17H23N3O3S. The molecule has 1 aromatic carbocycles. The van der Waals surface area contributed by atoms with Crippen LogP contribution in [0.5, 0.6) is 0 Å². The van der Waals surface area contributed by atoms with Gasteiger partial charge in [-0.2, -0.15) is 0 Å². The molecule has 1 aromatic heterocycles. The summed E-state index contributed by atoms with van der Waals surface area (Å²) in [4.78, 5) is 19.1. The van der Waals surface area contributed by atoms with E-state index in [4.69, 9.17) is 0 Å².